The summed E-state index contributed by atoms with van der Waals surface area (Å²) >= 11 is 18.0. The van der Waals surface area contributed by atoms with E-state index in [-0.39, 0.29) is 16.8 Å². The van der Waals surface area contributed by atoms with Crippen molar-refractivity contribution in [2.24, 2.45) is 0 Å². The van der Waals surface area contributed by atoms with Crippen molar-refractivity contribution in [2.75, 3.05) is 6.61 Å². The summed E-state index contributed by atoms with van der Waals surface area (Å²) in [6.07, 6.45) is 0. The summed E-state index contributed by atoms with van der Waals surface area (Å²) in [7, 11) is 0. The van der Waals surface area contributed by atoms with Crippen molar-refractivity contribution in [3.05, 3.63) is 74.1 Å². The third-order valence-corrected chi connectivity index (χ3v) is 5.45. The molecular weight excluding hydrogens is 463 g/mol. The van der Waals surface area contributed by atoms with Crippen molar-refractivity contribution in [2.45, 2.75) is 26.8 Å². The normalized spacial score (nSPS) is 11.8. The van der Waals surface area contributed by atoms with Crippen molar-refractivity contribution in [1.82, 2.24) is 20.1 Å². The molecule has 3 rings (SSSR count). The van der Waals surface area contributed by atoms with Crippen LogP contribution < -0.4 is 5.32 Å². The van der Waals surface area contributed by atoms with Gasteiger partial charge in [0.15, 0.2) is 18.1 Å². The molecule has 31 heavy (non-hydrogen) atoms. The number of hydrogen-bond acceptors (Lipinski definition) is 5. The third-order valence-electron chi connectivity index (χ3n) is 4.41. The van der Waals surface area contributed by atoms with Gasteiger partial charge in [0.2, 0.25) is 0 Å². The molecule has 1 N–H and O–H groups in total. The van der Waals surface area contributed by atoms with E-state index in [4.69, 9.17) is 39.5 Å². The fourth-order valence-electron chi connectivity index (χ4n) is 2.90. The first-order valence-electron chi connectivity index (χ1n) is 9.27. The number of carbonyl (C=O) groups excluding carboxylic acids is 2. The highest BCUT2D eigenvalue weighted by atomic mass is 35.5. The topological polar surface area (TPSA) is 86.1 Å². The Morgan fingerprint density at radius 3 is 2.42 bits per heavy atom. The van der Waals surface area contributed by atoms with E-state index in [1.54, 1.807) is 35.9 Å². The van der Waals surface area contributed by atoms with E-state index >= 15 is 0 Å². The number of aromatic nitrogens is 3. The Morgan fingerprint density at radius 2 is 1.77 bits per heavy atom. The smallest absolute Gasteiger partial charge is 0.359 e. The highest BCUT2D eigenvalue weighted by molar-refractivity contribution is 6.42. The lowest BCUT2D eigenvalue weighted by Gasteiger charge is -2.15. The predicted octanol–water partition coefficient (Wildman–Crippen LogP) is 4.88. The van der Waals surface area contributed by atoms with Crippen LogP contribution in [-0.4, -0.2) is 33.2 Å². The first kappa shape index (κ1) is 23.1. The monoisotopic (exact) mass is 480 g/mol. The molecule has 2 aromatic heterocycles. The quantitative estimate of drug-likeness (QED) is 0.507. The maximum atomic E-state index is 12.5. The molecule has 0 aliphatic rings. The maximum Gasteiger partial charge on any atom is 0.359 e. The van der Waals surface area contributed by atoms with Gasteiger partial charge in [-0.25, -0.2) is 14.5 Å². The second-order valence-electron chi connectivity index (χ2n) is 6.88. The molecular formula is C21H19Cl3N4O3. The van der Waals surface area contributed by atoms with E-state index in [1.807, 2.05) is 19.9 Å². The van der Waals surface area contributed by atoms with Gasteiger partial charge in [-0.05, 0) is 56.7 Å². The Labute approximate surface area is 194 Å². The summed E-state index contributed by atoms with van der Waals surface area (Å²) in [5.41, 5.74) is 2.32. The Kier molecular flexibility index (Phi) is 7.20. The molecule has 0 saturated heterocycles. The molecule has 0 saturated carbocycles. The molecule has 0 aliphatic heterocycles. The summed E-state index contributed by atoms with van der Waals surface area (Å²) in [6, 6.07) is 9.75. The number of amides is 1. The molecule has 7 nitrogen and oxygen atoms in total. The second-order valence-corrected chi connectivity index (χ2v) is 8.10. The van der Waals surface area contributed by atoms with E-state index < -0.39 is 18.5 Å². The van der Waals surface area contributed by atoms with Gasteiger partial charge in [-0.15, -0.1) is 0 Å². The summed E-state index contributed by atoms with van der Waals surface area (Å²) < 4.78 is 6.69. The van der Waals surface area contributed by atoms with Gasteiger partial charge in [-0.3, -0.25) is 4.79 Å². The van der Waals surface area contributed by atoms with Gasteiger partial charge in [0.25, 0.3) is 5.91 Å². The predicted molar refractivity (Wildman–Crippen MR) is 119 cm³/mol. The van der Waals surface area contributed by atoms with Crippen LogP contribution in [0.15, 0.2) is 36.4 Å². The van der Waals surface area contributed by atoms with E-state index in [2.05, 4.69) is 15.4 Å². The van der Waals surface area contributed by atoms with Gasteiger partial charge >= 0.3 is 5.97 Å². The number of nitrogens with zero attached hydrogens (tertiary/aromatic N) is 3. The average molecular weight is 482 g/mol. The lowest BCUT2D eigenvalue weighted by atomic mass is 10.1. The Bertz CT molecular complexity index is 1150. The fraction of sp³-hybridized carbons (Fsp3) is 0.238. The zero-order valence-electron chi connectivity index (χ0n) is 16.9. The first-order chi connectivity index (χ1) is 14.7. The van der Waals surface area contributed by atoms with Gasteiger partial charge < -0.3 is 10.1 Å². The van der Waals surface area contributed by atoms with Gasteiger partial charge in [-0.1, -0.05) is 40.9 Å². The molecule has 1 amide bonds. The van der Waals surface area contributed by atoms with E-state index in [9.17, 15) is 9.59 Å². The van der Waals surface area contributed by atoms with Crippen LogP contribution in [0.1, 0.15) is 40.4 Å². The Balaban J connectivity index is 1.65. The van der Waals surface area contributed by atoms with Gasteiger partial charge in [0, 0.05) is 5.69 Å². The molecule has 1 atom stereocenters. The molecule has 0 fully saturated rings. The van der Waals surface area contributed by atoms with Crippen molar-refractivity contribution in [3.63, 3.8) is 0 Å². The van der Waals surface area contributed by atoms with Crippen LogP contribution in [-0.2, 0) is 9.53 Å². The Hall–Kier alpha value is -2.61. The van der Waals surface area contributed by atoms with Crippen LogP contribution in [0.4, 0.5) is 0 Å². The third kappa shape index (κ3) is 5.55. The Morgan fingerprint density at radius 1 is 1.06 bits per heavy atom. The highest BCUT2D eigenvalue weighted by Gasteiger charge is 2.19. The number of carbonyl (C=O) groups is 2. The minimum atomic E-state index is -0.814. The van der Waals surface area contributed by atoms with Crippen molar-refractivity contribution >= 4 is 46.7 Å². The fourth-order valence-corrected chi connectivity index (χ4v) is 3.39. The van der Waals surface area contributed by atoms with Gasteiger partial charge in [0.05, 0.1) is 26.8 Å². The van der Waals surface area contributed by atoms with Crippen LogP contribution in [0, 0.1) is 13.8 Å². The number of aryl methyl sites for hydroxylation is 2. The molecule has 0 bridgehead atoms. The van der Waals surface area contributed by atoms with Crippen LogP contribution in [0.3, 0.4) is 0 Å². The van der Waals surface area contributed by atoms with Crippen LogP contribution >= 0.6 is 34.8 Å². The molecule has 10 heteroatoms. The summed E-state index contributed by atoms with van der Waals surface area (Å²) in [5.74, 6) is -0.886. The van der Waals surface area contributed by atoms with Crippen LogP contribution in [0.25, 0.3) is 5.82 Å². The largest absolute Gasteiger partial charge is 0.451 e. The molecule has 0 radical (unpaired) electrons. The summed E-state index contributed by atoms with van der Waals surface area (Å²) in [6.45, 7) is 5.00. The number of hydrogen-bond donors (Lipinski definition) is 1. The number of nitrogens with one attached hydrogen (secondary N) is 1. The number of pyridine rings is 1. The minimum absolute atomic E-state index is 0.1000. The van der Waals surface area contributed by atoms with E-state index in [1.165, 1.54) is 6.07 Å². The average Bonchev–Trinajstić information content (AvgIpc) is 3.06. The van der Waals surface area contributed by atoms with Gasteiger partial charge in [-0.2, -0.15) is 5.10 Å². The number of ether oxygens (including phenoxy) is 1. The van der Waals surface area contributed by atoms with E-state index in [0.29, 0.717) is 15.9 Å². The summed E-state index contributed by atoms with van der Waals surface area (Å²) in [4.78, 5) is 28.9. The maximum absolute atomic E-state index is 12.5. The van der Waals surface area contributed by atoms with Crippen molar-refractivity contribution < 1.29 is 14.3 Å². The van der Waals surface area contributed by atoms with Gasteiger partial charge in [0.1, 0.15) is 0 Å². The zero-order valence-corrected chi connectivity index (χ0v) is 19.2. The lowest BCUT2D eigenvalue weighted by molar-refractivity contribution is -0.124. The highest BCUT2D eigenvalue weighted by Crippen LogP contribution is 2.25. The standard InChI is InChI=1S/C21H19Cl3N4O3/c1-11-8-12(2)28(27-11)18-7-6-16(23)20(26-18)21(30)31-10-19(29)25-13(3)14-4-5-15(22)17(24)9-14/h4-9,13H,10H2,1-3H3,(H,25,29). The summed E-state index contributed by atoms with van der Waals surface area (Å²) in [5, 5.41) is 7.98. The molecule has 0 aliphatic carbocycles. The lowest BCUT2D eigenvalue weighted by Crippen LogP contribution is -2.31. The van der Waals surface area contributed by atoms with Crippen LogP contribution in [0.2, 0.25) is 15.1 Å². The van der Waals surface area contributed by atoms with E-state index in [0.717, 1.165) is 17.0 Å². The molecule has 2 heterocycles. The molecule has 1 aromatic carbocycles. The molecule has 162 valence electrons. The zero-order chi connectivity index (χ0) is 22.7. The first-order valence-corrected chi connectivity index (χ1v) is 10.4. The number of rotatable bonds is 6. The molecule has 1 unspecified atom stereocenters. The second kappa shape index (κ2) is 9.68. The molecule has 3 aromatic rings. The van der Waals surface area contributed by atoms with Crippen LogP contribution in [0.5, 0.6) is 0 Å². The van der Waals surface area contributed by atoms with Crippen molar-refractivity contribution in [1.29, 1.82) is 0 Å². The number of benzene rings is 1. The molecule has 0 spiro atoms. The van der Waals surface area contributed by atoms with Crippen molar-refractivity contribution in [3.8, 4) is 5.82 Å². The number of halogens is 3. The number of esters is 1. The minimum Gasteiger partial charge on any atom is -0.451 e. The SMILES string of the molecule is Cc1cc(C)n(-c2ccc(Cl)c(C(=O)OCC(=O)NC(C)c3ccc(Cl)c(Cl)c3)n2)n1.